The zero-order valence-corrected chi connectivity index (χ0v) is 19.7. The molecule has 0 bridgehead atoms. The summed E-state index contributed by atoms with van der Waals surface area (Å²) in [5.74, 6) is -0.808. The van der Waals surface area contributed by atoms with Crippen molar-refractivity contribution in [2.75, 3.05) is 19.8 Å². The predicted molar refractivity (Wildman–Crippen MR) is 111 cm³/mol. The molecule has 30 heavy (non-hydrogen) atoms. The minimum absolute atomic E-state index is 0.0402. The first-order valence-electron chi connectivity index (χ1n) is 10.8. The number of carbonyl (C=O) groups is 1. The second kappa shape index (κ2) is 12.6. The van der Waals surface area contributed by atoms with Gasteiger partial charge >= 0.3 is 7.82 Å². The van der Waals surface area contributed by atoms with Gasteiger partial charge in [-0.2, -0.15) is 0 Å². The van der Waals surface area contributed by atoms with E-state index in [0.29, 0.717) is 13.0 Å². The van der Waals surface area contributed by atoms with Gasteiger partial charge in [-0.05, 0) is 32.6 Å². The molecule has 0 aromatic carbocycles. The standard InChI is InChI=1S/C20H39O9P/c1-6-14(4)26-10-9-20(7-2,8-3)27-12-16(13-28-30(23,24)25)29-18-11-17(21)19(22)15(18)5/h14-18,21H,6-13H2,1-5H3,(H2,23,24,25). The first-order chi connectivity index (χ1) is 14.0. The minimum Gasteiger partial charge on any atom is -0.385 e. The molecule has 1 saturated carbocycles. The Bertz CT molecular complexity index is 560. The van der Waals surface area contributed by atoms with Gasteiger partial charge in [0, 0.05) is 18.9 Å². The maximum atomic E-state index is 11.9. The Labute approximate surface area is 179 Å². The van der Waals surface area contributed by atoms with Crippen LogP contribution in [0.3, 0.4) is 0 Å². The SMILES string of the molecule is CCC(C)OCCC(CC)(CC)OCC(COP(=O)(O)O)OC1CC(O)C(=O)C1C. The smallest absolute Gasteiger partial charge is 0.385 e. The molecule has 9 nitrogen and oxygen atoms in total. The van der Waals surface area contributed by atoms with E-state index in [1.807, 2.05) is 20.8 Å². The van der Waals surface area contributed by atoms with E-state index < -0.39 is 37.7 Å². The maximum absolute atomic E-state index is 11.9. The summed E-state index contributed by atoms with van der Waals surface area (Å²) >= 11 is 0. The highest BCUT2D eigenvalue weighted by Crippen LogP contribution is 2.37. The lowest BCUT2D eigenvalue weighted by Crippen LogP contribution is -2.39. The van der Waals surface area contributed by atoms with Gasteiger partial charge in [-0.15, -0.1) is 0 Å². The largest absolute Gasteiger partial charge is 0.469 e. The predicted octanol–water partition coefficient (Wildman–Crippen LogP) is 2.60. The number of Topliss-reactive ketones (excluding diaryl/α,β-unsaturated/α-hetero) is 1. The normalized spacial score (nSPS) is 24.9. The molecule has 5 unspecified atom stereocenters. The minimum atomic E-state index is -4.69. The third-order valence-corrected chi connectivity index (χ3v) is 6.47. The molecule has 0 aromatic rings. The van der Waals surface area contributed by atoms with Crippen LogP contribution in [0.4, 0.5) is 0 Å². The summed E-state index contributed by atoms with van der Waals surface area (Å²) in [4.78, 5) is 30.0. The number of hydrogen-bond donors (Lipinski definition) is 3. The Morgan fingerprint density at radius 3 is 2.30 bits per heavy atom. The second-order valence-corrected chi connectivity index (χ2v) is 9.31. The maximum Gasteiger partial charge on any atom is 0.469 e. The van der Waals surface area contributed by atoms with Gasteiger partial charge in [-0.3, -0.25) is 9.32 Å². The van der Waals surface area contributed by atoms with Gasteiger partial charge in [0.2, 0.25) is 0 Å². The van der Waals surface area contributed by atoms with E-state index in [-0.39, 0.29) is 31.5 Å². The fourth-order valence-electron chi connectivity index (χ4n) is 3.47. The molecule has 0 aliphatic heterocycles. The zero-order valence-electron chi connectivity index (χ0n) is 18.8. The zero-order chi connectivity index (χ0) is 22.9. The van der Waals surface area contributed by atoms with Crippen molar-refractivity contribution in [1.82, 2.24) is 0 Å². The van der Waals surface area contributed by atoms with Crippen molar-refractivity contribution in [1.29, 1.82) is 0 Å². The molecule has 1 aliphatic rings. The van der Waals surface area contributed by atoms with E-state index >= 15 is 0 Å². The van der Waals surface area contributed by atoms with Crippen molar-refractivity contribution < 1.29 is 43.0 Å². The lowest BCUT2D eigenvalue weighted by molar-refractivity contribution is -0.142. The average molecular weight is 454 g/mol. The van der Waals surface area contributed by atoms with E-state index in [1.165, 1.54) is 0 Å². The molecule has 5 atom stereocenters. The number of phosphoric acid groups is 1. The Morgan fingerprint density at radius 2 is 1.83 bits per heavy atom. The Hall–Kier alpha value is -0.380. The molecule has 1 fully saturated rings. The molecule has 1 aliphatic carbocycles. The first kappa shape index (κ1) is 27.7. The van der Waals surface area contributed by atoms with Crippen LogP contribution >= 0.6 is 7.82 Å². The Kier molecular flexibility index (Phi) is 11.6. The lowest BCUT2D eigenvalue weighted by Gasteiger charge is -2.34. The highest BCUT2D eigenvalue weighted by atomic mass is 31.2. The van der Waals surface area contributed by atoms with Crippen LogP contribution in [0.5, 0.6) is 0 Å². The molecule has 1 rings (SSSR count). The molecule has 3 N–H and O–H groups in total. The van der Waals surface area contributed by atoms with Crippen LogP contribution in [-0.2, 0) is 28.1 Å². The summed E-state index contributed by atoms with van der Waals surface area (Å²) < 4.78 is 33.7. The summed E-state index contributed by atoms with van der Waals surface area (Å²) in [5, 5.41) is 9.78. The third kappa shape index (κ3) is 9.01. The second-order valence-electron chi connectivity index (χ2n) is 8.07. The van der Waals surface area contributed by atoms with E-state index in [4.69, 9.17) is 24.0 Å². The van der Waals surface area contributed by atoms with Gasteiger partial charge in [0.05, 0.1) is 31.0 Å². The van der Waals surface area contributed by atoms with Crippen LogP contribution in [0.25, 0.3) is 0 Å². The van der Waals surface area contributed by atoms with Crippen molar-refractivity contribution in [3.8, 4) is 0 Å². The van der Waals surface area contributed by atoms with Gasteiger partial charge in [-0.25, -0.2) is 4.57 Å². The van der Waals surface area contributed by atoms with Crippen LogP contribution in [0.2, 0.25) is 0 Å². The third-order valence-electron chi connectivity index (χ3n) is 5.99. The number of rotatable bonds is 15. The molecule has 0 spiro atoms. The van der Waals surface area contributed by atoms with Crippen molar-refractivity contribution >= 4 is 13.6 Å². The van der Waals surface area contributed by atoms with E-state index in [1.54, 1.807) is 6.92 Å². The Morgan fingerprint density at radius 1 is 1.20 bits per heavy atom. The quantitative estimate of drug-likeness (QED) is 0.319. The van der Waals surface area contributed by atoms with Crippen LogP contribution in [0.15, 0.2) is 0 Å². The average Bonchev–Trinajstić information content (AvgIpc) is 2.94. The highest BCUT2D eigenvalue weighted by molar-refractivity contribution is 7.46. The number of carbonyl (C=O) groups excluding carboxylic acids is 1. The van der Waals surface area contributed by atoms with E-state index in [2.05, 4.69) is 11.4 Å². The van der Waals surface area contributed by atoms with Crippen LogP contribution in [0, 0.1) is 5.92 Å². The molecule has 0 amide bonds. The summed E-state index contributed by atoms with van der Waals surface area (Å²) in [5.41, 5.74) is -0.464. The fraction of sp³-hybridized carbons (Fsp3) is 0.950. The number of hydrogen-bond acceptors (Lipinski definition) is 7. The fourth-order valence-corrected chi connectivity index (χ4v) is 3.83. The number of aliphatic hydroxyl groups is 1. The summed E-state index contributed by atoms with van der Waals surface area (Å²) in [7, 11) is -4.69. The van der Waals surface area contributed by atoms with Gasteiger partial charge in [0.1, 0.15) is 12.2 Å². The van der Waals surface area contributed by atoms with Crippen LogP contribution < -0.4 is 0 Å². The van der Waals surface area contributed by atoms with Crippen molar-refractivity contribution in [3.05, 3.63) is 0 Å². The van der Waals surface area contributed by atoms with Crippen molar-refractivity contribution in [2.45, 2.75) is 96.7 Å². The van der Waals surface area contributed by atoms with Gasteiger partial charge in [0.25, 0.3) is 0 Å². The number of ether oxygens (including phenoxy) is 3. The van der Waals surface area contributed by atoms with E-state index in [0.717, 1.165) is 19.3 Å². The molecule has 178 valence electrons. The molecule has 0 radical (unpaired) electrons. The summed E-state index contributed by atoms with van der Waals surface area (Å²) in [6, 6.07) is 0. The first-order valence-corrected chi connectivity index (χ1v) is 12.3. The van der Waals surface area contributed by atoms with Crippen molar-refractivity contribution in [2.24, 2.45) is 5.92 Å². The number of aliphatic hydroxyl groups excluding tert-OH is 1. The van der Waals surface area contributed by atoms with Gasteiger partial charge < -0.3 is 29.1 Å². The topological polar surface area (TPSA) is 132 Å². The number of ketones is 1. The van der Waals surface area contributed by atoms with E-state index in [9.17, 15) is 14.5 Å². The molecule has 0 aromatic heterocycles. The Balaban J connectivity index is 2.77. The molecule has 0 saturated heterocycles. The monoisotopic (exact) mass is 454 g/mol. The molecule has 0 heterocycles. The van der Waals surface area contributed by atoms with Crippen LogP contribution in [0.1, 0.15) is 66.7 Å². The summed E-state index contributed by atoms with van der Waals surface area (Å²) in [6.45, 7) is 9.97. The summed E-state index contributed by atoms with van der Waals surface area (Å²) in [6.07, 6.45) is 0.923. The molecule has 10 heteroatoms. The molecular weight excluding hydrogens is 415 g/mol. The lowest BCUT2D eigenvalue weighted by atomic mass is 9.93. The van der Waals surface area contributed by atoms with Gasteiger partial charge in [0.15, 0.2) is 5.78 Å². The van der Waals surface area contributed by atoms with Gasteiger partial charge in [-0.1, -0.05) is 27.7 Å². The van der Waals surface area contributed by atoms with Crippen molar-refractivity contribution in [3.63, 3.8) is 0 Å². The van der Waals surface area contributed by atoms with Crippen LogP contribution in [-0.4, -0.2) is 70.5 Å². The molecular formula is C20H39O9P. The number of phosphoric ester groups is 1. The highest BCUT2D eigenvalue weighted by Gasteiger charge is 2.41.